The van der Waals surface area contributed by atoms with Crippen LogP contribution in [0.2, 0.25) is 0 Å². The molecule has 7 amide bonds. The summed E-state index contributed by atoms with van der Waals surface area (Å²) in [5.41, 5.74) is 7.64. The van der Waals surface area contributed by atoms with Crippen molar-refractivity contribution in [2.45, 2.75) is 108 Å². The molecule has 4 aliphatic heterocycles. The van der Waals surface area contributed by atoms with E-state index >= 15 is 19.2 Å². The first-order valence-corrected chi connectivity index (χ1v) is 35.2. The van der Waals surface area contributed by atoms with E-state index in [2.05, 4.69) is 48.1 Å². The quantitative estimate of drug-likeness (QED) is 0.0477. The van der Waals surface area contributed by atoms with Crippen LogP contribution in [-0.2, 0) is 60.8 Å². The number of thiazole rings is 5. The highest BCUT2D eigenvalue weighted by molar-refractivity contribution is 7.14. The van der Waals surface area contributed by atoms with Crippen molar-refractivity contribution in [3.8, 4) is 38.4 Å². The molecule has 11 heterocycles. The van der Waals surface area contributed by atoms with E-state index < -0.39 is 157 Å². The van der Waals surface area contributed by atoms with Crippen molar-refractivity contribution in [2.24, 2.45) is 11.5 Å². The number of likely N-dealkylation sites (N-methyl/N-ethyl adjacent to an activating group) is 1. The Hall–Kier alpha value is -10.1. The number of ether oxygens (including phenoxy) is 6. The topological polar surface area (TPSA) is 477 Å². The number of hydrogen-bond acceptors (Lipinski definition) is 31. The van der Waals surface area contributed by atoms with Gasteiger partial charge in [-0.05, 0) is 59.5 Å². The highest BCUT2D eigenvalue weighted by Gasteiger charge is 2.50. The molecule has 12 rings (SSSR count). The number of fused-ring (bicyclic) bond motifs is 15. The molecule has 4 aliphatic rings. The number of carbonyl (C=O) groups is 9. The molecule has 34 nitrogen and oxygen atoms in total. The van der Waals surface area contributed by atoms with Crippen molar-refractivity contribution >= 4 is 127 Å². The molecule has 10 atom stereocenters. The van der Waals surface area contributed by atoms with Crippen LogP contribution in [-0.4, -0.2) is 191 Å². The maximum Gasteiger partial charge on any atom is 0.358 e. The van der Waals surface area contributed by atoms with Crippen LogP contribution in [0.5, 0.6) is 5.75 Å². The summed E-state index contributed by atoms with van der Waals surface area (Å²) in [6.07, 6.45) is -7.72. The van der Waals surface area contributed by atoms with Crippen molar-refractivity contribution in [2.75, 3.05) is 34.4 Å². The first-order valence-electron chi connectivity index (χ1n) is 30.8. The molecule has 102 heavy (non-hydrogen) atoms. The largest absolute Gasteiger partial charge is 0.506 e. The lowest BCUT2D eigenvalue weighted by molar-refractivity contribution is -0.280. The lowest BCUT2D eigenvalue weighted by Gasteiger charge is -2.48. The number of esters is 2. The molecular formula is C63H63N15O19S5. The summed E-state index contributed by atoms with van der Waals surface area (Å²) in [5, 5.41) is 55.3. The number of allylic oxidation sites excluding steroid dienone is 1. The van der Waals surface area contributed by atoms with E-state index in [9.17, 15) is 39.3 Å². The number of nitrogens with one attached hydrogen (secondary N) is 5. The Morgan fingerprint density at radius 2 is 1.52 bits per heavy atom. The normalized spacial score (nSPS) is 23.5. The van der Waals surface area contributed by atoms with E-state index in [0.717, 1.165) is 61.4 Å². The van der Waals surface area contributed by atoms with Crippen molar-refractivity contribution in [3.05, 3.63) is 124 Å². The minimum atomic E-state index is -1.95. The van der Waals surface area contributed by atoms with Gasteiger partial charge in [-0.15, -0.1) is 56.7 Å². The number of benzene rings is 1. The van der Waals surface area contributed by atoms with Gasteiger partial charge >= 0.3 is 11.9 Å². The summed E-state index contributed by atoms with van der Waals surface area (Å²) in [4.78, 5) is 163. The van der Waals surface area contributed by atoms with Crippen LogP contribution in [0.1, 0.15) is 125 Å². The lowest BCUT2D eigenvalue weighted by Crippen LogP contribution is -2.62. The van der Waals surface area contributed by atoms with E-state index in [0.29, 0.717) is 0 Å². The van der Waals surface area contributed by atoms with E-state index in [4.69, 9.17) is 59.7 Å². The Morgan fingerprint density at radius 3 is 2.23 bits per heavy atom. The van der Waals surface area contributed by atoms with Crippen LogP contribution in [0.4, 0.5) is 0 Å². The zero-order chi connectivity index (χ0) is 72.9. The van der Waals surface area contributed by atoms with Crippen molar-refractivity contribution < 1.29 is 91.7 Å². The molecule has 534 valence electrons. The fourth-order valence-corrected chi connectivity index (χ4v) is 16.2. The molecule has 12 N–H and O–H groups in total. The molecule has 0 aliphatic carbocycles. The molecule has 8 aromatic rings. The number of hydrogen-bond donors (Lipinski definition) is 10. The molecule has 1 saturated heterocycles. The van der Waals surface area contributed by atoms with Crippen molar-refractivity contribution in [1.29, 1.82) is 0 Å². The molecule has 1 aromatic carbocycles. The average molecular weight is 1490 g/mol. The Morgan fingerprint density at radius 1 is 0.853 bits per heavy atom. The number of pyridine rings is 1. The van der Waals surface area contributed by atoms with Gasteiger partial charge in [-0.25, -0.2) is 39.5 Å². The number of nitrogens with two attached hydrogens (primary N) is 2. The molecule has 10 unspecified atom stereocenters. The summed E-state index contributed by atoms with van der Waals surface area (Å²) >= 11 is 4.40. The zero-order valence-corrected chi connectivity index (χ0v) is 58.9. The Balaban J connectivity index is 1.06. The monoisotopic (exact) mass is 1490 g/mol. The van der Waals surface area contributed by atoms with E-state index in [1.165, 1.54) is 60.0 Å². The highest BCUT2D eigenvalue weighted by Crippen LogP contribution is 2.43. The van der Waals surface area contributed by atoms with E-state index in [1.807, 2.05) is 0 Å². The maximum atomic E-state index is 15.4. The van der Waals surface area contributed by atoms with Gasteiger partial charge in [-0.2, -0.15) is 4.73 Å². The number of methoxy groups -OCH3 is 1. The SMILES string of the molecule is C=C(NC(=O)c1csc(-c2nc3c(cc2O)-c2nc(cs2)C(=O)NC(C(C)O)C(=O)NC(=C(C)OC)c2nc(cs2)C(=O)NC2c4nc(cs4)C(=O)NC(COC(=O)c4c5c6c(cccc6n4OCC(N)=O)COC(=O)C(OC4CC(C)(O)C(N(C)C)C(C)O4)C2OC5)c2nc-3cs2)n1)C(N)=O. The second-order valence-electron chi connectivity index (χ2n) is 24.0. The van der Waals surface area contributed by atoms with E-state index in [1.54, 1.807) is 45.0 Å². The maximum absolute atomic E-state index is 15.4. The van der Waals surface area contributed by atoms with Crippen LogP contribution in [0.25, 0.3) is 49.3 Å². The van der Waals surface area contributed by atoms with Gasteiger partial charge < -0.3 is 91.5 Å². The van der Waals surface area contributed by atoms with Crippen LogP contribution in [0.3, 0.4) is 0 Å². The fraction of sp³-hybridized carbons (Fsp3) is 0.349. The predicted octanol–water partition coefficient (Wildman–Crippen LogP) is 2.57. The number of aromatic hydroxyl groups is 1. The predicted molar refractivity (Wildman–Crippen MR) is 364 cm³/mol. The minimum absolute atomic E-state index is 0.0156. The number of rotatable bonds is 12. The fourth-order valence-electron chi connectivity index (χ4n) is 12.0. The van der Waals surface area contributed by atoms with Crippen molar-refractivity contribution in [1.82, 2.24) is 66.1 Å². The smallest absolute Gasteiger partial charge is 0.358 e. The number of primary amides is 2. The third-order valence-electron chi connectivity index (χ3n) is 16.6. The summed E-state index contributed by atoms with van der Waals surface area (Å²) in [5.74, 6) is -9.36. The van der Waals surface area contributed by atoms with Crippen LogP contribution < -0.4 is 42.9 Å². The van der Waals surface area contributed by atoms with Crippen LogP contribution in [0.15, 0.2) is 69.2 Å². The lowest BCUT2D eigenvalue weighted by atomic mass is 9.85. The van der Waals surface area contributed by atoms with Crippen LogP contribution >= 0.6 is 56.7 Å². The van der Waals surface area contributed by atoms with E-state index in [-0.39, 0.29) is 110 Å². The number of amides is 7. The highest BCUT2D eigenvalue weighted by atomic mass is 32.1. The first-order chi connectivity index (χ1) is 48.6. The molecule has 0 radical (unpaired) electrons. The Bertz CT molecular complexity index is 4760. The Labute approximate surface area is 597 Å². The second kappa shape index (κ2) is 29.1. The van der Waals surface area contributed by atoms with Gasteiger partial charge in [0, 0.05) is 49.8 Å². The standard InChI is InChI=1S/C63H63N15O19S5/c1-23(50(65)82)66-51(83)32-20-101-59(71-32)44-37(80)12-28-43(73-44)31-18-99-57(68-31)30-16-94-61(88)46-29-15-92-47(48(97-39-13-63(5,90)49(77(6)7)26(4)96-39)62(89)93-14-27-10-9-11-36(40(27)29)78(46)95-17-38(64)81)45(60-72-33(21-102-60)52(84)67-30)76-54(86)35-22-100-58(70-35)42(25(3)91-8)75-55(87)41(24(2)79)74-53(85)34-19-98-56(28)69-34/h9-12,18-22,24,26,30,39,41,45,47-49,79-80,90H,1,13-17H2,2-8H3,(H2,64,81)(H2,65,82)(H,66,83)(H,67,84)(H,74,85)(H,75,87)(H,76,86). The molecule has 1 fully saturated rings. The molecule has 7 aromatic heterocycles. The number of carbonyl (C=O) groups excluding carboxylic acids is 9. The van der Waals surface area contributed by atoms with Gasteiger partial charge in [0.25, 0.3) is 35.4 Å². The summed E-state index contributed by atoms with van der Waals surface area (Å²) in [6, 6.07) is 0.564. The van der Waals surface area contributed by atoms with Gasteiger partial charge in [0.15, 0.2) is 24.7 Å². The van der Waals surface area contributed by atoms with Gasteiger partial charge in [0.05, 0.1) is 48.8 Å². The van der Waals surface area contributed by atoms with Gasteiger partial charge in [-0.1, -0.05) is 18.7 Å². The molecule has 0 spiro atoms. The molecule has 0 saturated carbocycles. The number of aliphatic hydroxyl groups is 2. The van der Waals surface area contributed by atoms with Gasteiger partial charge in [0.1, 0.15) is 120 Å². The van der Waals surface area contributed by atoms with Crippen LogP contribution in [0, 0.1) is 0 Å². The van der Waals surface area contributed by atoms with Gasteiger partial charge in [0.2, 0.25) is 5.91 Å². The first kappa shape index (κ1) is 71.7. The number of cyclic esters (lactones) is 2. The van der Waals surface area contributed by atoms with Gasteiger partial charge in [-0.3, -0.25) is 33.6 Å². The summed E-state index contributed by atoms with van der Waals surface area (Å²) in [6.45, 7) is 6.76. The zero-order valence-electron chi connectivity index (χ0n) is 54.8. The number of nitrogens with zero attached hydrogens (tertiary/aromatic N) is 8. The summed E-state index contributed by atoms with van der Waals surface area (Å²) in [7, 11) is 4.81. The molecular weight excluding hydrogens is 1430 g/mol. The molecule has 12 bridgehead atoms. The minimum Gasteiger partial charge on any atom is -0.506 e. The average Bonchev–Trinajstić information content (AvgIpc) is 1.59. The van der Waals surface area contributed by atoms with Crippen molar-refractivity contribution in [3.63, 3.8) is 0 Å². The third kappa shape index (κ3) is 14.4. The number of aromatic nitrogens is 7. The number of aliphatic hydroxyl groups excluding tert-OH is 1. The summed E-state index contributed by atoms with van der Waals surface area (Å²) < 4.78 is 39.0. The Kier molecular flexibility index (Phi) is 20.5. The molecule has 39 heteroatoms. The second-order valence-corrected chi connectivity index (χ2v) is 28.4. The third-order valence-corrected chi connectivity index (χ3v) is 21.1.